The third kappa shape index (κ3) is 5.22. The number of aromatic hydroxyl groups is 1. The lowest BCUT2D eigenvalue weighted by Gasteiger charge is -2.35. The highest BCUT2D eigenvalue weighted by molar-refractivity contribution is 5.95. The van der Waals surface area contributed by atoms with E-state index in [0.29, 0.717) is 37.8 Å². The van der Waals surface area contributed by atoms with Crippen LogP contribution in [0.25, 0.3) is 0 Å². The molecule has 0 saturated carbocycles. The van der Waals surface area contributed by atoms with Gasteiger partial charge in [0.2, 0.25) is 0 Å². The van der Waals surface area contributed by atoms with Crippen molar-refractivity contribution in [2.75, 3.05) is 47.1 Å². The van der Waals surface area contributed by atoms with Crippen LogP contribution in [0.1, 0.15) is 22.0 Å². The number of carbonyl (C=O) groups excluding carboxylic acids is 1. The smallest absolute Gasteiger partial charge is 0.310 e. The maximum Gasteiger partial charge on any atom is 0.310 e. The molecule has 0 bridgehead atoms. The van der Waals surface area contributed by atoms with Crippen molar-refractivity contribution in [3.8, 4) is 17.2 Å². The van der Waals surface area contributed by atoms with Crippen LogP contribution in [-0.2, 0) is 4.74 Å². The highest BCUT2D eigenvalue weighted by atomic mass is 16.6. The van der Waals surface area contributed by atoms with Crippen LogP contribution in [0.4, 0.5) is 5.69 Å². The van der Waals surface area contributed by atoms with Crippen LogP contribution >= 0.6 is 0 Å². The number of rotatable bonds is 8. The van der Waals surface area contributed by atoms with E-state index < -0.39 is 22.3 Å². The molecule has 0 spiro atoms. The first-order chi connectivity index (χ1) is 14.9. The Morgan fingerprint density at radius 2 is 1.90 bits per heavy atom. The molecule has 10 heteroatoms. The first-order valence-corrected chi connectivity index (χ1v) is 9.74. The second-order valence-corrected chi connectivity index (χ2v) is 6.95. The van der Waals surface area contributed by atoms with Gasteiger partial charge in [0.15, 0.2) is 17.2 Å². The van der Waals surface area contributed by atoms with Crippen molar-refractivity contribution in [1.29, 1.82) is 0 Å². The Kier molecular flexibility index (Phi) is 7.27. The summed E-state index contributed by atoms with van der Waals surface area (Å²) in [7, 11) is 3.13. The van der Waals surface area contributed by atoms with Gasteiger partial charge in [-0.1, -0.05) is 6.07 Å². The number of nitrogens with zero attached hydrogens (tertiary/aromatic N) is 2. The molecule has 2 N–H and O–H groups in total. The van der Waals surface area contributed by atoms with Gasteiger partial charge in [-0.05, 0) is 29.8 Å². The molecular weight excluding hydrogens is 406 g/mol. The van der Waals surface area contributed by atoms with Gasteiger partial charge in [0.1, 0.15) is 0 Å². The number of carbonyl (C=O) groups is 1. The molecule has 0 aromatic heterocycles. The fraction of sp³-hybridized carbons (Fsp3) is 0.381. The summed E-state index contributed by atoms with van der Waals surface area (Å²) in [5.41, 5.74) is 0.621. The number of ether oxygens (including phenoxy) is 3. The molecule has 1 unspecified atom stereocenters. The first-order valence-electron chi connectivity index (χ1n) is 9.74. The zero-order valence-electron chi connectivity index (χ0n) is 17.4. The number of nitro benzene ring substituents is 1. The van der Waals surface area contributed by atoms with E-state index in [1.807, 2.05) is 18.2 Å². The zero-order valence-corrected chi connectivity index (χ0v) is 17.4. The van der Waals surface area contributed by atoms with Crippen molar-refractivity contribution in [2.24, 2.45) is 0 Å². The molecule has 1 aliphatic heterocycles. The summed E-state index contributed by atoms with van der Waals surface area (Å²) in [5, 5.41) is 23.5. The zero-order chi connectivity index (χ0) is 22.4. The third-order valence-electron chi connectivity index (χ3n) is 5.17. The minimum Gasteiger partial charge on any atom is -0.502 e. The number of phenols is 1. The van der Waals surface area contributed by atoms with E-state index >= 15 is 0 Å². The van der Waals surface area contributed by atoms with E-state index in [0.717, 1.165) is 17.7 Å². The number of hydrogen-bond acceptors (Lipinski definition) is 8. The molecule has 0 radical (unpaired) electrons. The van der Waals surface area contributed by atoms with E-state index in [4.69, 9.17) is 14.2 Å². The molecule has 1 amide bonds. The summed E-state index contributed by atoms with van der Waals surface area (Å²) in [6.07, 6.45) is 0. The summed E-state index contributed by atoms with van der Waals surface area (Å²) in [5.74, 6) is 0.202. The van der Waals surface area contributed by atoms with Gasteiger partial charge >= 0.3 is 5.69 Å². The molecule has 3 rings (SSSR count). The largest absolute Gasteiger partial charge is 0.502 e. The van der Waals surface area contributed by atoms with Gasteiger partial charge in [-0.2, -0.15) is 0 Å². The van der Waals surface area contributed by atoms with Crippen molar-refractivity contribution in [3.05, 3.63) is 57.6 Å². The van der Waals surface area contributed by atoms with Crippen LogP contribution in [0.15, 0.2) is 36.4 Å². The molecule has 1 heterocycles. The number of hydrogen-bond donors (Lipinski definition) is 2. The lowest BCUT2D eigenvalue weighted by atomic mass is 10.0. The fourth-order valence-corrected chi connectivity index (χ4v) is 3.52. The number of nitrogens with one attached hydrogen (secondary N) is 1. The fourth-order valence-electron chi connectivity index (χ4n) is 3.52. The number of benzene rings is 2. The quantitative estimate of drug-likeness (QED) is 0.481. The Hall–Kier alpha value is -3.37. The van der Waals surface area contributed by atoms with Gasteiger partial charge in [0.25, 0.3) is 5.91 Å². The molecule has 1 aliphatic rings. The Labute approximate surface area is 179 Å². The summed E-state index contributed by atoms with van der Waals surface area (Å²) >= 11 is 0. The number of phenolic OH excluding ortho intramolecular Hbond substituents is 1. The van der Waals surface area contributed by atoms with Crippen molar-refractivity contribution in [1.82, 2.24) is 10.2 Å². The van der Waals surface area contributed by atoms with E-state index in [1.54, 1.807) is 14.2 Å². The standard InChI is InChI=1S/C21H25N3O7/c1-29-19-6-4-14(12-20(19)30-2)17(23-7-9-31-10-8-23)13-22-21(26)15-3-5-16(24(27)28)18(25)11-15/h3-6,11-12,17,25H,7-10,13H2,1-2H3,(H,22,26). The third-order valence-corrected chi connectivity index (χ3v) is 5.17. The minimum absolute atomic E-state index is 0.135. The molecule has 1 atom stereocenters. The molecule has 0 aliphatic carbocycles. The van der Waals surface area contributed by atoms with Crippen LogP contribution < -0.4 is 14.8 Å². The second kappa shape index (κ2) is 10.1. The summed E-state index contributed by atoms with van der Waals surface area (Å²) in [6.45, 7) is 2.87. The number of nitro groups is 1. The van der Waals surface area contributed by atoms with Crippen molar-refractivity contribution < 1.29 is 29.0 Å². The molecular formula is C21H25N3O7. The lowest BCUT2D eigenvalue weighted by Crippen LogP contribution is -2.43. The summed E-state index contributed by atoms with van der Waals surface area (Å²) in [6, 6.07) is 8.98. The van der Waals surface area contributed by atoms with Crippen LogP contribution in [0.5, 0.6) is 17.2 Å². The average Bonchev–Trinajstić information content (AvgIpc) is 2.79. The van der Waals surface area contributed by atoms with Crippen LogP contribution in [0, 0.1) is 10.1 Å². The lowest BCUT2D eigenvalue weighted by molar-refractivity contribution is -0.385. The van der Waals surface area contributed by atoms with Gasteiger partial charge < -0.3 is 24.6 Å². The molecule has 2 aromatic carbocycles. The van der Waals surface area contributed by atoms with E-state index in [2.05, 4.69) is 10.2 Å². The maximum atomic E-state index is 12.6. The van der Waals surface area contributed by atoms with Crippen molar-refractivity contribution in [3.63, 3.8) is 0 Å². The summed E-state index contributed by atoms with van der Waals surface area (Å²) < 4.78 is 16.2. The minimum atomic E-state index is -0.706. The summed E-state index contributed by atoms with van der Waals surface area (Å²) in [4.78, 5) is 25.0. The molecule has 31 heavy (non-hydrogen) atoms. The second-order valence-electron chi connectivity index (χ2n) is 6.95. The van der Waals surface area contributed by atoms with Crippen LogP contribution in [-0.4, -0.2) is 67.9 Å². The normalized spacial score (nSPS) is 15.2. The number of methoxy groups -OCH3 is 2. The van der Waals surface area contributed by atoms with Crippen molar-refractivity contribution >= 4 is 11.6 Å². The van der Waals surface area contributed by atoms with E-state index in [-0.39, 0.29) is 18.2 Å². The molecule has 2 aromatic rings. The molecule has 166 valence electrons. The molecule has 1 fully saturated rings. The molecule has 1 saturated heterocycles. The maximum absolute atomic E-state index is 12.6. The first kappa shape index (κ1) is 22.3. The van der Waals surface area contributed by atoms with Gasteiger partial charge in [-0.25, -0.2) is 0 Å². The van der Waals surface area contributed by atoms with E-state index in [1.165, 1.54) is 6.07 Å². The average molecular weight is 431 g/mol. The highest BCUT2D eigenvalue weighted by Crippen LogP contribution is 2.32. The highest BCUT2D eigenvalue weighted by Gasteiger charge is 2.25. The number of amides is 1. The van der Waals surface area contributed by atoms with E-state index in [9.17, 15) is 20.0 Å². The predicted molar refractivity (Wildman–Crippen MR) is 112 cm³/mol. The Morgan fingerprint density at radius 3 is 2.52 bits per heavy atom. The predicted octanol–water partition coefficient (Wildman–Crippen LogP) is 2.12. The Balaban J connectivity index is 1.80. The van der Waals surface area contributed by atoms with Gasteiger partial charge in [-0.15, -0.1) is 0 Å². The van der Waals surface area contributed by atoms with Gasteiger partial charge in [0, 0.05) is 31.3 Å². The number of morpholine rings is 1. The van der Waals surface area contributed by atoms with Gasteiger partial charge in [0.05, 0.1) is 38.4 Å². The van der Waals surface area contributed by atoms with Crippen molar-refractivity contribution in [2.45, 2.75) is 6.04 Å². The SMILES string of the molecule is COc1ccc(C(CNC(=O)c2ccc([N+](=O)[O-])c(O)c2)N2CCOCC2)cc1OC. The molecule has 10 nitrogen and oxygen atoms in total. The topological polar surface area (TPSA) is 123 Å². The Bertz CT molecular complexity index is 945. The van der Waals surface area contributed by atoms with Gasteiger partial charge in [-0.3, -0.25) is 19.8 Å². The van der Waals surface area contributed by atoms with Crippen LogP contribution in [0.2, 0.25) is 0 Å². The van der Waals surface area contributed by atoms with Crippen LogP contribution in [0.3, 0.4) is 0 Å². The Morgan fingerprint density at radius 1 is 1.19 bits per heavy atom. The monoisotopic (exact) mass is 431 g/mol.